The van der Waals surface area contributed by atoms with Crippen molar-refractivity contribution >= 4 is 45.3 Å². The molecular formula is C22H21FN2O3S2. The van der Waals surface area contributed by atoms with E-state index >= 15 is 0 Å². The summed E-state index contributed by atoms with van der Waals surface area (Å²) in [5.41, 5.74) is 0.954. The first-order valence-electron chi connectivity index (χ1n) is 9.49. The highest BCUT2D eigenvalue weighted by atomic mass is 32.1. The van der Waals surface area contributed by atoms with Crippen molar-refractivity contribution in [2.24, 2.45) is 0 Å². The fraction of sp³-hybridized carbons (Fsp3) is 0.273. The maximum Gasteiger partial charge on any atom is 0.226 e. The lowest BCUT2D eigenvalue weighted by Gasteiger charge is -2.02. The average molecular weight is 445 g/mol. The van der Waals surface area contributed by atoms with Gasteiger partial charge in [-0.25, -0.2) is 9.37 Å². The van der Waals surface area contributed by atoms with Gasteiger partial charge >= 0.3 is 0 Å². The van der Waals surface area contributed by atoms with E-state index in [0.717, 1.165) is 15.3 Å². The van der Waals surface area contributed by atoms with Crippen LogP contribution in [-0.2, 0) is 16.0 Å². The molecule has 0 saturated heterocycles. The molecule has 3 aromatic rings. The Kier molecular flexibility index (Phi) is 7.59. The Morgan fingerprint density at radius 3 is 2.40 bits per heavy atom. The Bertz CT molecular complexity index is 1040. The highest BCUT2D eigenvalue weighted by molar-refractivity contribution is 7.15. The Morgan fingerprint density at radius 2 is 1.70 bits per heavy atom. The van der Waals surface area contributed by atoms with Crippen LogP contribution in [-0.4, -0.2) is 22.5 Å². The standard InChI is InChI=1S/C22H21FN2O3S2/c1-14-2-10-20(29-14)19(27)9-7-17(26)8-11-21(28)25-22-24-13-18(30-22)12-15-3-5-16(23)6-4-15/h2-6,10,13H,7-9,11-12H2,1H3,(H,24,25,28). The molecule has 2 heterocycles. The van der Waals surface area contributed by atoms with Gasteiger partial charge in [0.05, 0.1) is 4.88 Å². The Labute approximate surface area is 182 Å². The van der Waals surface area contributed by atoms with E-state index in [0.29, 0.717) is 16.4 Å². The van der Waals surface area contributed by atoms with E-state index in [1.165, 1.54) is 34.8 Å². The van der Waals surface area contributed by atoms with E-state index in [1.54, 1.807) is 24.4 Å². The molecule has 1 aromatic carbocycles. The van der Waals surface area contributed by atoms with Crippen molar-refractivity contribution in [1.82, 2.24) is 4.98 Å². The SMILES string of the molecule is Cc1ccc(C(=O)CCC(=O)CCC(=O)Nc2ncc(Cc3ccc(F)cc3)s2)s1. The number of hydrogen-bond acceptors (Lipinski definition) is 6. The summed E-state index contributed by atoms with van der Waals surface area (Å²) in [6, 6.07) is 9.90. The van der Waals surface area contributed by atoms with Crippen molar-refractivity contribution < 1.29 is 18.8 Å². The summed E-state index contributed by atoms with van der Waals surface area (Å²) in [6.45, 7) is 1.93. The molecule has 0 aliphatic rings. The van der Waals surface area contributed by atoms with E-state index in [-0.39, 0.29) is 49.0 Å². The fourth-order valence-corrected chi connectivity index (χ4v) is 4.47. The summed E-state index contributed by atoms with van der Waals surface area (Å²) >= 11 is 2.77. The topological polar surface area (TPSA) is 76.1 Å². The van der Waals surface area contributed by atoms with Gasteiger partial charge < -0.3 is 5.32 Å². The van der Waals surface area contributed by atoms with Crippen LogP contribution in [0.4, 0.5) is 9.52 Å². The molecule has 0 aliphatic carbocycles. The van der Waals surface area contributed by atoms with Crippen LogP contribution in [0.25, 0.3) is 0 Å². The number of benzene rings is 1. The van der Waals surface area contributed by atoms with E-state index < -0.39 is 0 Å². The van der Waals surface area contributed by atoms with Gasteiger partial charge in [0.15, 0.2) is 10.9 Å². The highest BCUT2D eigenvalue weighted by Crippen LogP contribution is 2.22. The largest absolute Gasteiger partial charge is 0.302 e. The van der Waals surface area contributed by atoms with Gasteiger partial charge in [-0.2, -0.15) is 0 Å². The number of aryl methyl sites for hydroxylation is 1. The lowest BCUT2D eigenvalue weighted by Crippen LogP contribution is -2.13. The molecule has 0 spiro atoms. The maximum atomic E-state index is 13.0. The monoisotopic (exact) mass is 444 g/mol. The molecular weight excluding hydrogens is 423 g/mol. The number of nitrogens with one attached hydrogen (secondary N) is 1. The van der Waals surface area contributed by atoms with Crippen LogP contribution in [0.1, 0.15) is 50.7 Å². The summed E-state index contributed by atoms with van der Waals surface area (Å²) in [5, 5.41) is 3.16. The first kappa shape index (κ1) is 22.0. The molecule has 0 unspecified atom stereocenters. The van der Waals surface area contributed by atoms with Crippen LogP contribution in [0.15, 0.2) is 42.6 Å². The van der Waals surface area contributed by atoms with Gasteiger partial charge in [0.2, 0.25) is 5.91 Å². The Balaban J connectivity index is 1.39. The molecule has 0 bridgehead atoms. The minimum Gasteiger partial charge on any atom is -0.302 e. The van der Waals surface area contributed by atoms with Crippen molar-refractivity contribution in [3.8, 4) is 0 Å². The van der Waals surface area contributed by atoms with Crippen molar-refractivity contribution in [3.63, 3.8) is 0 Å². The van der Waals surface area contributed by atoms with Crippen molar-refractivity contribution in [2.45, 2.75) is 39.0 Å². The molecule has 0 radical (unpaired) electrons. The van der Waals surface area contributed by atoms with E-state index in [9.17, 15) is 18.8 Å². The third-order valence-electron chi connectivity index (χ3n) is 4.37. The number of nitrogens with zero attached hydrogens (tertiary/aromatic N) is 1. The second-order valence-electron chi connectivity index (χ2n) is 6.86. The second-order valence-corrected chi connectivity index (χ2v) is 9.26. The van der Waals surface area contributed by atoms with Crippen molar-refractivity contribution in [2.75, 3.05) is 5.32 Å². The van der Waals surface area contributed by atoms with Crippen LogP contribution >= 0.6 is 22.7 Å². The summed E-state index contributed by atoms with van der Waals surface area (Å²) in [5.74, 6) is -0.715. The van der Waals surface area contributed by atoms with Crippen LogP contribution in [0.3, 0.4) is 0 Å². The summed E-state index contributed by atoms with van der Waals surface area (Å²) in [6.07, 6.45) is 2.73. The molecule has 156 valence electrons. The zero-order valence-corrected chi connectivity index (χ0v) is 18.1. The number of rotatable bonds is 10. The Hall–Kier alpha value is -2.71. The first-order chi connectivity index (χ1) is 14.4. The van der Waals surface area contributed by atoms with E-state index in [4.69, 9.17) is 0 Å². The number of anilines is 1. The molecule has 3 rings (SSSR count). The third-order valence-corrected chi connectivity index (χ3v) is 6.32. The molecule has 8 heteroatoms. The zero-order valence-electron chi connectivity index (χ0n) is 16.4. The molecule has 5 nitrogen and oxygen atoms in total. The molecule has 1 N–H and O–H groups in total. The first-order valence-corrected chi connectivity index (χ1v) is 11.1. The number of halogens is 1. The van der Waals surface area contributed by atoms with Crippen LogP contribution < -0.4 is 5.32 Å². The quantitative estimate of drug-likeness (QED) is 0.437. The number of amides is 1. The smallest absolute Gasteiger partial charge is 0.226 e. The summed E-state index contributed by atoms with van der Waals surface area (Å²) < 4.78 is 13.0. The van der Waals surface area contributed by atoms with Crippen LogP contribution in [0.2, 0.25) is 0 Å². The van der Waals surface area contributed by atoms with Gasteiger partial charge in [0, 0.05) is 48.1 Å². The number of ketones is 2. The third kappa shape index (κ3) is 6.67. The number of carbonyl (C=O) groups is 3. The lowest BCUT2D eigenvalue weighted by molar-refractivity contribution is -0.122. The average Bonchev–Trinajstić information content (AvgIpc) is 3.35. The molecule has 0 saturated carbocycles. The highest BCUT2D eigenvalue weighted by Gasteiger charge is 2.13. The van der Waals surface area contributed by atoms with Gasteiger partial charge in [-0.3, -0.25) is 14.4 Å². The minimum absolute atomic E-state index is 0.0395. The van der Waals surface area contributed by atoms with Crippen molar-refractivity contribution in [1.29, 1.82) is 0 Å². The maximum absolute atomic E-state index is 13.0. The molecule has 0 fully saturated rings. The van der Waals surface area contributed by atoms with Gasteiger partial charge in [-0.1, -0.05) is 12.1 Å². The molecule has 2 aromatic heterocycles. The number of Topliss-reactive ketones (excluding diaryl/α,β-unsaturated/α-hetero) is 2. The van der Waals surface area contributed by atoms with Gasteiger partial charge in [-0.05, 0) is 36.8 Å². The predicted octanol–water partition coefficient (Wildman–Crippen LogP) is 5.19. The zero-order chi connectivity index (χ0) is 21.5. The number of hydrogen-bond donors (Lipinski definition) is 1. The van der Waals surface area contributed by atoms with Gasteiger partial charge in [0.25, 0.3) is 0 Å². The number of aromatic nitrogens is 1. The van der Waals surface area contributed by atoms with Crippen molar-refractivity contribution in [3.05, 3.63) is 68.6 Å². The molecule has 1 amide bonds. The summed E-state index contributed by atoms with van der Waals surface area (Å²) in [4.78, 5) is 43.0. The summed E-state index contributed by atoms with van der Waals surface area (Å²) in [7, 11) is 0. The normalized spacial score (nSPS) is 10.7. The molecule has 30 heavy (non-hydrogen) atoms. The van der Waals surface area contributed by atoms with Crippen LogP contribution in [0.5, 0.6) is 0 Å². The predicted molar refractivity (Wildman–Crippen MR) is 117 cm³/mol. The number of carbonyl (C=O) groups excluding carboxylic acids is 3. The van der Waals surface area contributed by atoms with E-state index in [1.807, 2.05) is 13.0 Å². The van der Waals surface area contributed by atoms with Crippen LogP contribution in [0, 0.1) is 12.7 Å². The van der Waals surface area contributed by atoms with Gasteiger partial charge in [0.1, 0.15) is 11.6 Å². The molecule has 0 aliphatic heterocycles. The van der Waals surface area contributed by atoms with E-state index in [2.05, 4.69) is 10.3 Å². The number of thiophene rings is 1. The molecule has 0 atom stereocenters. The minimum atomic E-state index is -0.286. The second kappa shape index (κ2) is 10.4. The van der Waals surface area contributed by atoms with Gasteiger partial charge in [-0.15, -0.1) is 22.7 Å². The fourth-order valence-electron chi connectivity index (χ4n) is 2.77. The lowest BCUT2D eigenvalue weighted by atomic mass is 10.1. The Morgan fingerprint density at radius 1 is 0.967 bits per heavy atom. The number of thiazole rings is 1.